The van der Waals surface area contributed by atoms with E-state index in [9.17, 15) is 0 Å². The molecule has 0 saturated carbocycles. The number of ether oxygens (including phenoxy) is 2. The molecule has 0 aliphatic rings. The van der Waals surface area contributed by atoms with Gasteiger partial charge in [0.15, 0.2) is 20.9 Å². The van der Waals surface area contributed by atoms with Gasteiger partial charge in [-0.15, -0.1) is 0 Å². The van der Waals surface area contributed by atoms with Crippen LogP contribution in [0.15, 0.2) is 30.2 Å². The Labute approximate surface area is 99.5 Å². The van der Waals surface area contributed by atoms with Crippen LogP contribution in [0.2, 0.25) is 19.6 Å². The summed E-state index contributed by atoms with van der Waals surface area (Å²) in [6, 6.07) is 0. The zero-order valence-corrected chi connectivity index (χ0v) is 11.9. The maximum atomic E-state index is 5.97. The molecule has 0 aliphatic heterocycles. The van der Waals surface area contributed by atoms with E-state index in [1.165, 1.54) is 0 Å². The Bertz CT molecular complexity index is 285. The van der Waals surface area contributed by atoms with E-state index in [0.717, 1.165) is 5.57 Å². The van der Waals surface area contributed by atoms with Crippen LogP contribution in [0, 0.1) is 0 Å². The Morgan fingerprint density at radius 1 is 1.38 bits per heavy atom. The van der Waals surface area contributed by atoms with Crippen LogP contribution >= 0.6 is 0 Å². The molecule has 0 aromatic heterocycles. The molecule has 16 heavy (non-hydrogen) atoms. The summed E-state index contributed by atoms with van der Waals surface area (Å²) in [6.45, 7) is 15.9. The fourth-order valence-corrected chi connectivity index (χ4v) is 2.09. The number of rotatable bonds is 7. The second kappa shape index (κ2) is 6.71. The number of methoxy groups -OCH3 is 1. The number of hydrogen-bond donors (Lipinski definition) is 0. The Hall–Kier alpha value is -0.803. The maximum absolute atomic E-state index is 5.97. The molecule has 0 bridgehead atoms. The van der Waals surface area contributed by atoms with Crippen LogP contribution in [0.5, 0.6) is 0 Å². The molecule has 0 heterocycles. The van der Waals surface area contributed by atoms with E-state index in [0.29, 0.717) is 5.76 Å². The van der Waals surface area contributed by atoms with Crippen molar-refractivity contribution in [1.82, 2.24) is 0 Å². The standard InChI is InChI=1S/C12H22O3Si/c1-8-11(14-9-13-4)12(10(2)3)15-16(5,6)7/h12H,1-2,9H2,3-7H3. The van der Waals surface area contributed by atoms with Gasteiger partial charge in [0.1, 0.15) is 6.10 Å². The molecule has 0 aromatic rings. The second-order valence-electron chi connectivity index (χ2n) is 4.55. The van der Waals surface area contributed by atoms with E-state index in [1.54, 1.807) is 7.11 Å². The average molecular weight is 242 g/mol. The third kappa shape index (κ3) is 5.93. The van der Waals surface area contributed by atoms with Crippen molar-refractivity contribution in [2.45, 2.75) is 32.7 Å². The van der Waals surface area contributed by atoms with Crippen LogP contribution in [0.3, 0.4) is 0 Å². The van der Waals surface area contributed by atoms with Crippen molar-refractivity contribution in [2.75, 3.05) is 13.9 Å². The highest BCUT2D eigenvalue weighted by Gasteiger charge is 2.25. The smallest absolute Gasteiger partial charge is 0.189 e. The van der Waals surface area contributed by atoms with E-state index in [4.69, 9.17) is 13.9 Å². The molecule has 4 heteroatoms. The summed E-state index contributed by atoms with van der Waals surface area (Å²) in [5.41, 5.74) is 3.62. The first-order valence-corrected chi connectivity index (χ1v) is 8.57. The monoisotopic (exact) mass is 242 g/mol. The molecule has 0 spiro atoms. The second-order valence-corrected chi connectivity index (χ2v) is 9.01. The highest BCUT2D eigenvalue weighted by Crippen LogP contribution is 2.20. The largest absolute Gasteiger partial charge is 0.461 e. The molecule has 0 rings (SSSR count). The van der Waals surface area contributed by atoms with Gasteiger partial charge in [0.05, 0.1) is 0 Å². The SMILES string of the molecule is C=C=C(OCOC)C(O[Si](C)(C)C)C(=C)C. The van der Waals surface area contributed by atoms with Gasteiger partial charge < -0.3 is 13.9 Å². The lowest BCUT2D eigenvalue weighted by atomic mass is 10.2. The summed E-state index contributed by atoms with van der Waals surface area (Å²) >= 11 is 0. The summed E-state index contributed by atoms with van der Waals surface area (Å²) in [5, 5.41) is 0. The third-order valence-corrected chi connectivity index (χ3v) is 2.61. The average Bonchev–Trinajstić information content (AvgIpc) is 2.15. The number of hydrogen-bond acceptors (Lipinski definition) is 3. The van der Waals surface area contributed by atoms with Gasteiger partial charge in [-0.05, 0) is 32.1 Å². The fraction of sp³-hybridized carbons (Fsp3) is 0.583. The van der Waals surface area contributed by atoms with Crippen molar-refractivity contribution in [3.8, 4) is 0 Å². The molecule has 0 aromatic carbocycles. The van der Waals surface area contributed by atoms with E-state index in [2.05, 4.69) is 38.5 Å². The molecular formula is C12H22O3Si. The minimum Gasteiger partial charge on any atom is -0.461 e. The molecule has 0 radical (unpaired) electrons. The van der Waals surface area contributed by atoms with Crippen molar-refractivity contribution >= 4 is 8.32 Å². The minimum atomic E-state index is -1.67. The van der Waals surface area contributed by atoms with Gasteiger partial charge >= 0.3 is 0 Å². The van der Waals surface area contributed by atoms with Crippen LogP contribution in [0.4, 0.5) is 0 Å². The summed E-state index contributed by atoms with van der Waals surface area (Å²) < 4.78 is 16.2. The molecule has 0 N–H and O–H groups in total. The zero-order chi connectivity index (χ0) is 12.8. The Balaban J connectivity index is 4.76. The molecule has 0 amide bonds. The van der Waals surface area contributed by atoms with E-state index >= 15 is 0 Å². The normalized spacial score (nSPS) is 12.8. The van der Waals surface area contributed by atoms with Crippen molar-refractivity contribution in [3.05, 3.63) is 30.2 Å². The van der Waals surface area contributed by atoms with Gasteiger partial charge in [-0.25, -0.2) is 0 Å². The highest BCUT2D eigenvalue weighted by atomic mass is 28.4. The van der Waals surface area contributed by atoms with Crippen molar-refractivity contribution in [2.24, 2.45) is 0 Å². The minimum absolute atomic E-state index is 0.163. The van der Waals surface area contributed by atoms with Gasteiger partial charge in [-0.3, -0.25) is 0 Å². The maximum Gasteiger partial charge on any atom is 0.189 e. The van der Waals surface area contributed by atoms with Gasteiger partial charge in [0.25, 0.3) is 0 Å². The van der Waals surface area contributed by atoms with Gasteiger partial charge in [-0.2, -0.15) is 0 Å². The first-order valence-electron chi connectivity index (χ1n) is 5.16. The quantitative estimate of drug-likeness (QED) is 0.226. The summed E-state index contributed by atoms with van der Waals surface area (Å²) in [4.78, 5) is 0. The van der Waals surface area contributed by atoms with Gasteiger partial charge in [0.2, 0.25) is 0 Å². The van der Waals surface area contributed by atoms with Crippen LogP contribution in [-0.2, 0) is 13.9 Å². The first kappa shape index (κ1) is 15.2. The van der Waals surface area contributed by atoms with Crippen LogP contribution in [0.25, 0.3) is 0 Å². The van der Waals surface area contributed by atoms with E-state index < -0.39 is 8.32 Å². The van der Waals surface area contributed by atoms with Crippen LogP contribution < -0.4 is 0 Å². The summed E-state index contributed by atoms with van der Waals surface area (Å²) in [5.74, 6) is 0.539. The Morgan fingerprint density at radius 2 is 1.94 bits per heavy atom. The molecule has 0 saturated heterocycles. The van der Waals surface area contributed by atoms with Crippen molar-refractivity contribution in [3.63, 3.8) is 0 Å². The molecule has 92 valence electrons. The lowest BCUT2D eigenvalue weighted by molar-refractivity contribution is -0.0114. The van der Waals surface area contributed by atoms with E-state index in [-0.39, 0.29) is 12.9 Å². The highest BCUT2D eigenvalue weighted by molar-refractivity contribution is 6.69. The summed E-state index contributed by atoms with van der Waals surface area (Å²) in [6.07, 6.45) is -0.278. The molecule has 1 unspecified atom stereocenters. The molecule has 3 nitrogen and oxygen atoms in total. The van der Waals surface area contributed by atoms with Crippen LogP contribution in [-0.4, -0.2) is 28.3 Å². The van der Waals surface area contributed by atoms with E-state index in [1.807, 2.05) is 6.92 Å². The summed E-state index contributed by atoms with van der Waals surface area (Å²) in [7, 11) is -0.106. The third-order valence-electron chi connectivity index (χ3n) is 1.66. The molecule has 0 fully saturated rings. The van der Waals surface area contributed by atoms with Crippen LogP contribution in [0.1, 0.15) is 6.92 Å². The molecular weight excluding hydrogens is 220 g/mol. The van der Waals surface area contributed by atoms with Crippen molar-refractivity contribution < 1.29 is 13.9 Å². The topological polar surface area (TPSA) is 27.7 Å². The predicted molar refractivity (Wildman–Crippen MR) is 68.6 cm³/mol. The van der Waals surface area contributed by atoms with Gasteiger partial charge in [0, 0.05) is 7.11 Å². The first-order chi connectivity index (χ1) is 7.31. The van der Waals surface area contributed by atoms with Gasteiger partial charge in [-0.1, -0.05) is 18.9 Å². The predicted octanol–water partition coefficient (Wildman–Crippen LogP) is 3.07. The van der Waals surface area contributed by atoms with Crippen molar-refractivity contribution in [1.29, 1.82) is 0 Å². The molecule has 1 atom stereocenters. The Morgan fingerprint density at radius 3 is 2.25 bits per heavy atom. The fourth-order valence-electron chi connectivity index (χ4n) is 1.07. The Kier molecular flexibility index (Phi) is 6.37. The molecule has 0 aliphatic carbocycles. The lowest BCUT2D eigenvalue weighted by Gasteiger charge is -2.27. The zero-order valence-electron chi connectivity index (χ0n) is 10.9. The lowest BCUT2D eigenvalue weighted by Crippen LogP contribution is -2.34.